The first-order valence-electron chi connectivity index (χ1n) is 9.68. The highest BCUT2D eigenvalue weighted by Gasteiger charge is 2.15. The van der Waals surface area contributed by atoms with E-state index in [1.54, 1.807) is 32.9 Å². The van der Waals surface area contributed by atoms with Crippen LogP contribution in [0.1, 0.15) is 5.56 Å². The second kappa shape index (κ2) is 8.67. The third kappa shape index (κ3) is 3.80. The number of hydrogen-bond acceptors (Lipinski definition) is 5. The van der Waals surface area contributed by atoms with Crippen LogP contribution in [0.4, 0.5) is 0 Å². The van der Waals surface area contributed by atoms with Gasteiger partial charge in [0.05, 0.1) is 37.2 Å². The molecule has 0 atom stereocenters. The fraction of sp³-hybridized carbons (Fsp3) is 0.261. The maximum absolute atomic E-state index is 5.49. The fourth-order valence-corrected chi connectivity index (χ4v) is 4.43. The largest absolute Gasteiger partial charge is 0.493 e. The minimum absolute atomic E-state index is 0.607. The van der Waals surface area contributed by atoms with E-state index < -0.39 is 0 Å². The Morgan fingerprint density at radius 3 is 2.37 bits per heavy atom. The van der Waals surface area contributed by atoms with Crippen molar-refractivity contribution in [1.29, 1.82) is 0 Å². The Hall–Kier alpha value is -3.19. The highest BCUT2D eigenvalue weighted by atomic mass is 32.1. The molecule has 2 aromatic carbocycles. The molecule has 2 aromatic rings. The van der Waals surface area contributed by atoms with E-state index in [1.165, 1.54) is 0 Å². The summed E-state index contributed by atoms with van der Waals surface area (Å²) < 4.78 is 21.9. The summed E-state index contributed by atoms with van der Waals surface area (Å²) in [5.41, 5.74) is 3.18. The molecule has 0 aromatic heterocycles. The van der Waals surface area contributed by atoms with Crippen molar-refractivity contribution < 1.29 is 14.2 Å². The van der Waals surface area contributed by atoms with E-state index in [4.69, 9.17) is 19.2 Å². The maximum Gasteiger partial charge on any atom is 0.203 e. The third-order valence-corrected chi connectivity index (χ3v) is 6.07. The van der Waals surface area contributed by atoms with Gasteiger partial charge in [-0.2, -0.15) is 0 Å². The van der Waals surface area contributed by atoms with E-state index in [-0.39, 0.29) is 0 Å². The molecule has 0 fully saturated rings. The first kappa shape index (κ1) is 20.1. The lowest BCUT2D eigenvalue weighted by atomic mass is 10.1. The average molecular weight is 424 g/mol. The molecule has 0 saturated heterocycles. The lowest BCUT2D eigenvalue weighted by Gasteiger charge is -2.16. The molecule has 0 radical (unpaired) electrons. The van der Waals surface area contributed by atoms with Crippen LogP contribution >= 0.6 is 11.5 Å². The van der Waals surface area contributed by atoms with Crippen molar-refractivity contribution in [2.75, 3.05) is 21.3 Å². The standard InChI is InChI=1S/C23H25N3O3S/c1-25-18-9-7-12-26(23(18)24-17-8-5-6-10-21(17)30-25)13-11-16-14-19(27-2)22(29-4)20(15-16)28-3/h5-10,12,14-15H,11,13H2,1-4H3. The Balaban J connectivity index is 1.73. The summed E-state index contributed by atoms with van der Waals surface area (Å²) in [6, 6.07) is 16.4. The molecule has 0 spiro atoms. The van der Waals surface area contributed by atoms with E-state index in [0.717, 1.165) is 40.3 Å². The quantitative estimate of drug-likeness (QED) is 0.441. The molecule has 0 unspecified atom stereocenters. The summed E-state index contributed by atoms with van der Waals surface area (Å²) in [5, 5.41) is 0. The van der Waals surface area contributed by atoms with Crippen molar-refractivity contribution in [3.63, 3.8) is 0 Å². The van der Waals surface area contributed by atoms with Crippen LogP contribution in [0.5, 0.6) is 17.2 Å². The smallest absolute Gasteiger partial charge is 0.203 e. The molecular weight excluding hydrogens is 398 g/mol. The molecule has 2 aliphatic heterocycles. The molecule has 2 aliphatic rings. The van der Waals surface area contributed by atoms with Gasteiger partial charge in [0.15, 0.2) is 17.3 Å². The van der Waals surface area contributed by atoms with Crippen LogP contribution < -0.4 is 14.2 Å². The van der Waals surface area contributed by atoms with E-state index in [2.05, 4.69) is 46.0 Å². The van der Waals surface area contributed by atoms with Crippen molar-refractivity contribution in [1.82, 2.24) is 13.5 Å². The van der Waals surface area contributed by atoms with Crippen LogP contribution in [0.3, 0.4) is 0 Å². The Morgan fingerprint density at radius 1 is 0.933 bits per heavy atom. The summed E-state index contributed by atoms with van der Waals surface area (Å²) in [6.07, 6.45) is 2.87. The minimum atomic E-state index is 0.607. The number of methoxy groups -OCH3 is 3. The van der Waals surface area contributed by atoms with E-state index in [1.807, 2.05) is 24.3 Å². The van der Waals surface area contributed by atoms with Crippen molar-refractivity contribution in [3.05, 3.63) is 60.3 Å². The Kier molecular flexibility index (Phi) is 5.81. The molecule has 7 heteroatoms. The molecule has 156 valence electrons. The number of ether oxygens (including phenoxy) is 3. The Morgan fingerprint density at radius 2 is 1.67 bits per heavy atom. The number of para-hydroxylation sites is 1. The zero-order valence-corrected chi connectivity index (χ0v) is 18.4. The first-order valence-corrected chi connectivity index (χ1v) is 10.5. The van der Waals surface area contributed by atoms with E-state index in [0.29, 0.717) is 17.2 Å². The van der Waals surface area contributed by atoms with Gasteiger partial charge in [-0.1, -0.05) is 23.7 Å². The molecule has 0 aliphatic carbocycles. The maximum atomic E-state index is 5.49. The van der Waals surface area contributed by atoms with Gasteiger partial charge in [-0.3, -0.25) is 3.96 Å². The van der Waals surface area contributed by atoms with Gasteiger partial charge in [-0.25, -0.2) is 4.98 Å². The second-order valence-electron chi connectivity index (χ2n) is 6.86. The zero-order chi connectivity index (χ0) is 21.1. The lowest BCUT2D eigenvalue weighted by molar-refractivity contribution is 0.323. The number of fused-ring (bicyclic) bond motifs is 2. The van der Waals surface area contributed by atoms with Gasteiger partial charge >= 0.3 is 0 Å². The summed E-state index contributed by atoms with van der Waals surface area (Å²) in [5.74, 6) is 2.89. The van der Waals surface area contributed by atoms with Crippen molar-refractivity contribution >= 4 is 21.7 Å². The van der Waals surface area contributed by atoms with E-state index >= 15 is 0 Å². The number of rotatable bonds is 6. The highest BCUT2D eigenvalue weighted by Crippen LogP contribution is 2.38. The number of nitrogens with zero attached hydrogens (tertiary/aromatic N) is 3. The van der Waals surface area contributed by atoms with Crippen molar-refractivity contribution in [2.24, 2.45) is 7.05 Å². The minimum Gasteiger partial charge on any atom is -0.493 e. The van der Waals surface area contributed by atoms with Gasteiger partial charge in [-0.05, 0) is 48.4 Å². The topological polar surface area (TPSA) is 50.4 Å². The van der Waals surface area contributed by atoms with Crippen LogP contribution in [-0.4, -0.2) is 34.8 Å². The van der Waals surface area contributed by atoms with Gasteiger partial charge in [0.1, 0.15) is 0 Å². The molecule has 4 rings (SSSR count). The van der Waals surface area contributed by atoms with Gasteiger partial charge in [-0.15, -0.1) is 0 Å². The third-order valence-electron chi connectivity index (χ3n) is 5.05. The van der Waals surface area contributed by atoms with Gasteiger partial charge in [0.25, 0.3) is 0 Å². The van der Waals surface area contributed by atoms with Crippen molar-refractivity contribution in [3.8, 4) is 28.8 Å². The molecule has 6 nitrogen and oxygen atoms in total. The summed E-state index contributed by atoms with van der Waals surface area (Å²) in [4.78, 5) is 4.99. The molecule has 2 heterocycles. The molecule has 30 heavy (non-hydrogen) atoms. The molecule has 0 N–H and O–H groups in total. The normalized spacial score (nSPS) is 10.9. The van der Waals surface area contributed by atoms with E-state index in [9.17, 15) is 0 Å². The predicted molar refractivity (Wildman–Crippen MR) is 121 cm³/mol. The average Bonchev–Trinajstić information content (AvgIpc) is 2.92. The van der Waals surface area contributed by atoms with Crippen LogP contribution in [-0.2, 0) is 20.0 Å². The lowest BCUT2D eigenvalue weighted by Crippen LogP contribution is -2.09. The Labute approximate surface area is 180 Å². The summed E-state index contributed by atoms with van der Waals surface area (Å²) >= 11 is 1.69. The van der Waals surface area contributed by atoms with Gasteiger partial charge in [0, 0.05) is 19.8 Å². The van der Waals surface area contributed by atoms with Crippen molar-refractivity contribution in [2.45, 2.75) is 13.0 Å². The number of aromatic nitrogens is 3. The van der Waals surface area contributed by atoms with Crippen LogP contribution in [0.15, 0.2) is 54.7 Å². The fourth-order valence-electron chi connectivity index (χ4n) is 3.54. The van der Waals surface area contributed by atoms with Crippen LogP contribution in [0.2, 0.25) is 0 Å². The molecule has 0 bridgehead atoms. The zero-order valence-electron chi connectivity index (χ0n) is 17.6. The number of aryl methyl sites for hydroxylation is 3. The van der Waals surface area contributed by atoms with Crippen LogP contribution in [0.25, 0.3) is 21.7 Å². The monoisotopic (exact) mass is 423 g/mol. The molecular formula is C23H25N3O3S. The van der Waals surface area contributed by atoms with Gasteiger partial charge < -0.3 is 18.8 Å². The molecule has 0 saturated carbocycles. The first-order chi connectivity index (χ1) is 14.6. The summed E-state index contributed by atoms with van der Waals surface area (Å²) in [7, 11) is 6.96. The van der Waals surface area contributed by atoms with Gasteiger partial charge in [0.2, 0.25) is 5.75 Å². The summed E-state index contributed by atoms with van der Waals surface area (Å²) in [6.45, 7) is 0.770. The Bertz CT molecular complexity index is 1160. The number of pyridine rings is 1. The SMILES string of the molecule is COc1cc(CCn2cccc3n(C)sc4ccccc4nc2-3)cc(OC)c1OC. The predicted octanol–water partition coefficient (Wildman–Crippen LogP) is 4.93. The molecule has 0 amide bonds. The van der Waals surface area contributed by atoms with Crippen LogP contribution in [0, 0.1) is 0 Å². The number of benzene rings is 2. The number of hydrogen-bond donors (Lipinski definition) is 0. The highest BCUT2D eigenvalue weighted by molar-refractivity contribution is 7.13. The second-order valence-corrected chi connectivity index (χ2v) is 8.03.